The number of fused-ring (bicyclic) bond motifs is 1. The molecule has 0 saturated heterocycles. The number of carbonyl (C=O) groups is 1. The minimum Gasteiger partial charge on any atom is -0.482 e. The van der Waals surface area contributed by atoms with Gasteiger partial charge in [0.15, 0.2) is 6.61 Å². The highest BCUT2D eigenvalue weighted by Gasteiger charge is 2.21. The number of benzene rings is 3. The number of ether oxygens (including phenoxy) is 1. The second-order valence-corrected chi connectivity index (χ2v) is 7.74. The van der Waals surface area contributed by atoms with Gasteiger partial charge >= 0.3 is 5.97 Å². The summed E-state index contributed by atoms with van der Waals surface area (Å²) in [5, 5.41) is 12.7. The first-order chi connectivity index (χ1) is 15.2. The van der Waals surface area contributed by atoms with Crippen LogP contribution in [0.25, 0.3) is 0 Å². The van der Waals surface area contributed by atoms with Crippen LogP contribution >= 0.6 is 0 Å². The first kappa shape index (κ1) is 20.9. The Morgan fingerprint density at radius 2 is 1.65 bits per heavy atom. The Balaban J connectivity index is 1.46. The van der Waals surface area contributed by atoms with Gasteiger partial charge in [-0.3, -0.25) is 0 Å². The monoisotopic (exact) mass is 416 g/mol. The number of nitrogens with one attached hydrogen (secondary N) is 1. The zero-order valence-corrected chi connectivity index (χ0v) is 17.5. The predicted molar refractivity (Wildman–Crippen MR) is 123 cm³/mol. The van der Waals surface area contributed by atoms with Crippen LogP contribution in [0.1, 0.15) is 29.2 Å². The summed E-state index contributed by atoms with van der Waals surface area (Å²) in [5.41, 5.74) is 4.75. The third-order valence-electron chi connectivity index (χ3n) is 5.65. The lowest BCUT2D eigenvalue weighted by atomic mass is 9.98. The third kappa shape index (κ3) is 5.25. The van der Waals surface area contributed by atoms with Gasteiger partial charge in [0, 0.05) is 30.9 Å². The van der Waals surface area contributed by atoms with Crippen molar-refractivity contribution in [3.8, 4) is 5.75 Å². The summed E-state index contributed by atoms with van der Waals surface area (Å²) in [6.07, 6.45) is 1.94. The number of hydrogen-bond donors (Lipinski definition) is 2. The number of rotatable bonds is 9. The lowest BCUT2D eigenvalue weighted by Crippen LogP contribution is -2.37. The lowest BCUT2D eigenvalue weighted by molar-refractivity contribution is -0.139. The molecule has 1 heterocycles. The molecule has 0 fully saturated rings. The molecule has 4 rings (SSSR count). The molecule has 0 spiro atoms. The maximum atomic E-state index is 10.9. The molecular formula is C26H28N2O3. The molecule has 31 heavy (non-hydrogen) atoms. The molecule has 2 N–H and O–H groups in total. The summed E-state index contributed by atoms with van der Waals surface area (Å²) in [6.45, 7) is 2.37. The van der Waals surface area contributed by atoms with Crippen molar-refractivity contribution >= 4 is 11.7 Å². The average molecular weight is 417 g/mol. The molecule has 5 nitrogen and oxygen atoms in total. The summed E-state index contributed by atoms with van der Waals surface area (Å²) in [6, 6.07) is 27.1. The van der Waals surface area contributed by atoms with Gasteiger partial charge in [-0.1, -0.05) is 66.7 Å². The van der Waals surface area contributed by atoms with E-state index in [4.69, 9.17) is 9.84 Å². The molecule has 3 aromatic rings. The minimum absolute atomic E-state index is 0.136. The molecule has 0 unspecified atom stereocenters. The van der Waals surface area contributed by atoms with Gasteiger partial charge in [-0.25, -0.2) is 4.79 Å². The number of aliphatic carboxylic acids is 1. The van der Waals surface area contributed by atoms with E-state index in [0.717, 1.165) is 43.7 Å². The second-order valence-electron chi connectivity index (χ2n) is 7.74. The molecule has 0 atom stereocenters. The maximum absolute atomic E-state index is 10.9. The minimum atomic E-state index is -0.956. The highest BCUT2D eigenvalue weighted by Crippen LogP contribution is 2.34. The summed E-state index contributed by atoms with van der Waals surface area (Å²) < 4.78 is 5.53. The van der Waals surface area contributed by atoms with Crippen molar-refractivity contribution in [3.63, 3.8) is 0 Å². The van der Waals surface area contributed by atoms with E-state index in [2.05, 4.69) is 64.8 Å². The second kappa shape index (κ2) is 10.1. The fourth-order valence-corrected chi connectivity index (χ4v) is 4.24. The van der Waals surface area contributed by atoms with E-state index in [1.54, 1.807) is 0 Å². The topological polar surface area (TPSA) is 61.8 Å². The number of carboxylic acid groups (broad SMARTS) is 1. The van der Waals surface area contributed by atoms with Gasteiger partial charge in [0.2, 0.25) is 0 Å². The van der Waals surface area contributed by atoms with E-state index in [1.807, 2.05) is 24.3 Å². The molecular weight excluding hydrogens is 388 g/mol. The SMILES string of the molecule is O=C(O)COc1cccc2c1CCCN2CCNC(c1ccccc1)c1ccccc1. The lowest BCUT2D eigenvalue weighted by Gasteiger charge is -2.33. The van der Waals surface area contributed by atoms with Crippen LogP contribution in [0.5, 0.6) is 5.75 Å². The first-order valence-corrected chi connectivity index (χ1v) is 10.8. The largest absolute Gasteiger partial charge is 0.482 e. The Kier molecular flexibility index (Phi) is 6.85. The van der Waals surface area contributed by atoms with Gasteiger partial charge in [-0.2, -0.15) is 0 Å². The summed E-state index contributed by atoms with van der Waals surface area (Å²) in [4.78, 5) is 13.3. The predicted octanol–water partition coefficient (Wildman–Crippen LogP) is 4.28. The van der Waals surface area contributed by atoms with E-state index in [9.17, 15) is 4.79 Å². The highest BCUT2D eigenvalue weighted by molar-refractivity contribution is 5.69. The van der Waals surface area contributed by atoms with Crippen molar-refractivity contribution in [1.82, 2.24) is 5.32 Å². The average Bonchev–Trinajstić information content (AvgIpc) is 2.81. The molecule has 1 aliphatic rings. The van der Waals surface area contributed by atoms with Crippen molar-refractivity contribution in [2.24, 2.45) is 0 Å². The third-order valence-corrected chi connectivity index (χ3v) is 5.65. The zero-order valence-electron chi connectivity index (χ0n) is 17.5. The van der Waals surface area contributed by atoms with Crippen molar-refractivity contribution in [2.45, 2.75) is 18.9 Å². The Bertz CT molecular complexity index is 953. The fourth-order valence-electron chi connectivity index (χ4n) is 4.24. The molecule has 3 aromatic carbocycles. The van der Waals surface area contributed by atoms with Crippen LogP contribution in [0.4, 0.5) is 5.69 Å². The molecule has 1 aliphatic heterocycles. The van der Waals surface area contributed by atoms with Gasteiger partial charge < -0.3 is 20.1 Å². The van der Waals surface area contributed by atoms with Crippen LogP contribution in [0.3, 0.4) is 0 Å². The van der Waals surface area contributed by atoms with E-state index in [0.29, 0.717) is 5.75 Å². The van der Waals surface area contributed by atoms with Gasteiger partial charge in [0.05, 0.1) is 6.04 Å². The van der Waals surface area contributed by atoms with Gasteiger partial charge in [0.25, 0.3) is 0 Å². The molecule has 0 saturated carbocycles. The summed E-state index contributed by atoms with van der Waals surface area (Å²) >= 11 is 0. The molecule has 0 aliphatic carbocycles. The van der Waals surface area contributed by atoms with Gasteiger partial charge in [-0.15, -0.1) is 0 Å². The van der Waals surface area contributed by atoms with E-state index in [-0.39, 0.29) is 12.6 Å². The molecule has 0 bridgehead atoms. The van der Waals surface area contributed by atoms with Crippen molar-refractivity contribution < 1.29 is 14.6 Å². The van der Waals surface area contributed by atoms with Gasteiger partial charge in [0.1, 0.15) is 5.75 Å². The Labute approximate surface area is 183 Å². The molecule has 5 heteroatoms. The smallest absolute Gasteiger partial charge is 0.341 e. The zero-order chi connectivity index (χ0) is 21.5. The van der Waals surface area contributed by atoms with Crippen LogP contribution in [-0.2, 0) is 11.2 Å². The summed E-state index contributed by atoms with van der Waals surface area (Å²) in [5.74, 6) is -0.272. The van der Waals surface area contributed by atoms with Gasteiger partial charge in [-0.05, 0) is 36.1 Å². The standard InChI is InChI=1S/C26H28N2O3/c29-25(30)19-31-24-15-7-14-23-22(24)13-8-17-28(23)18-16-27-26(20-9-3-1-4-10-20)21-11-5-2-6-12-21/h1-7,9-12,14-15,26-27H,8,13,16-19H2,(H,29,30). The molecule has 0 aromatic heterocycles. The Hall–Kier alpha value is -3.31. The van der Waals surface area contributed by atoms with E-state index < -0.39 is 5.97 Å². The van der Waals surface area contributed by atoms with Crippen molar-refractivity contribution in [3.05, 3.63) is 95.6 Å². The van der Waals surface area contributed by atoms with Crippen LogP contribution < -0.4 is 15.0 Å². The normalized spacial score (nSPS) is 13.1. The van der Waals surface area contributed by atoms with Crippen molar-refractivity contribution in [2.75, 3.05) is 31.1 Å². The van der Waals surface area contributed by atoms with Crippen LogP contribution in [-0.4, -0.2) is 37.3 Å². The number of nitrogens with zero attached hydrogens (tertiary/aromatic N) is 1. The number of hydrogen-bond acceptors (Lipinski definition) is 4. The van der Waals surface area contributed by atoms with Crippen LogP contribution in [0.2, 0.25) is 0 Å². The maximum Gasteiger partial charge on any atom is 0.341 e. The number of anilines is 1. The quantitative estimate of drug-likeness (QED) is 0.545. The first-order valence-electron chi connectivity index (χ1n) is 10.8. The highest BCUT2D eigenvalue weighted by atomic mass is 16.5. The summed E-state index contributed by atoms with van der Waals surface area (Å²) in [7, 11) is 0. The Morgan fingerprint density at radius 1 is 0.968 bits per heavy atom. The van der Waals surface area contributed by atoms with Crippen LogP contribution in [0, 0.1) is 0 Å². The van der Waals surface area contributed by atoms with Crippen LogP contribution in [0.15, 0.2) is 78.9 Å². The molecule has 160 valence electrons. The molecule has 0 amide bonds. The number of carboxylic acids is 1. The Morgan fingerprint density at radius 3 is 2.29 bits per heavy atom. The van der Waals surface area contributed by atoms with E-state index >= 15 is 0 Å². The molecule has 0 radical (unpaired) electrons. The fraction of sp³-hybridized carbons (Fsp3) is 0.269. The van der Waals surface area contributed by atoms with Crippen molar-refractivity contribution in [1.29, 1.82) is 0 Å². The van der Waals surface area contributed by atoms with E-state index in [1.165, 1.54) is 11.1 Å².